The van der Waals surface area contributed by atoms with Crippen molar-refractivity contribution in [2.75, 3.05) is 18.9 Å². The van der Waals surface area contributed by atoms with Crippen LogP contribution in [0.25, 0.3) is 0 Å². The molecule has 0 amide bonds. The van der Waals surface area contributed by atoms with Crippen LogP contribution >= 0.6 is 0 Å². The van der Waals surface area contributed by atoms with Gasteiger partial charge in [0.25, 0.3) is 0 Å². The Morgan fingerprint density at radius 3 is 2.77 bits per heavy atom. The van der Waals surface area contributed by atoms with Crippen molar-refractivity contribution >= 4 is 5.69 Å². The summed E-state index contributed by atoms with van der Waals surface area (Å²) in [5.41, 5.74) is 6.67. The average Bonchev–Trinajstić information content (AvgIpc) is 2.12. The normalized spacial score (nSPS) is 10.0. The van der Waals surface area contributed by atoms with Crippen LogP contribution in [0.1, 0.15) is 5.56 Å². The smallest absolute Gasteiger partial charge is 0.148 e. The van der Waals surface area contributed by atoms with E-state index in [4.69, 9.17) is 15.6 Å². The lowest BCUT2D eigenvalue weighted by molar-refractivity contribution is 0.201. The lowest BCUT2D eigenvalue weighted by atomic mass is 10.2. The molecule has 4 nitrogen and oxygen atoms in total. The number of aliphatic hydroxyl groups is 1. The molecule has 1 rings (SSSR count). The number of ether oxygens (including phenoxy) is 1. The average molecular weight is 183 g/mol. The molecule has 0 aliphatic heterocycles. The molecule has 4 heteroatoms. The van der Waals surface area contributed by atoms with Gasteiger partial charge in [0, 0.05) is 5.56 Å². The second-order valence-corrected chi connectivity index (χ2v) is 2.70. The van der Waals surface area contributed by atoms with Gasteiger partial charge in [-0.2, -0.15) is 0 Å². The fourth-order valence-electron chi connectivity index (χ4n) is 1.04. The van der Waals surface area contributed by atoms with Gasteiger partial charge in [-0.1, -0.05) is 0 Å². The highest BCUT2D eigenvalue weighted by atomic mass is 16.5. The van der Waals surface area contributed by atoms with Crippen molar-refractivity contribution < 1.29 is 14.9 Å². The first-order chi connectivity index (χ1) is 6.16. The van der Waals surface area contributed by atoms with E-state index < -0.39 is 0 Å². The quantitative estimate of drug-likeness (QED) is 0.475. The number of nitrogen functional groups attached to an aromatic ring is 1. The molecule has 0 saturated heterocycles. The minimum absolute atomic E-state index is 0.0749. The van der Waals surface area contributed by atoms with E-state index in [1.165, 1.54) is 6.07 Å². The first-order valence-corrected chi connectivity index (χ1v) is 3.98. The second-order valence-electron chi connectivity index (χ2n) is 2.70. The van der Waals surface area contributed by atoms with Gasteiger partial charge in [0.1, 0.15) is 18.1 Å². The minimum Gasteiger partial charge on any atom is -0.508 e. The molecule has 0 bridgehead atoms. The third-order valence-electron chi connectivity index (χ3n) is 1.75. The zero-order valence-corrected chi connectivity index (χ0v) is 7.45. The van der Waals surface area contributed by atoms with Crippen molar-refractivity contribution in [2.45, 2.75) is 6.92 Å². The summed E-state index contributed by atoms with van der Waals surface area (Å²) in [7, 11) is 0. The number of aliphatic hydroxyl groups excluding tert-OH is 1. The Morgan fingerprint density at radius 2 is 2.15 bits per heavy atom. The molecule has 13 heavy (non-hydrogen) atoms. The molecule has 0 saturated carbocycles. The molecule has 0 atom stereocenters. The van der Waals surface area contributed by atoms with Crippen LogP contribution in [-0.2, 0) is 0 Å². The van der Waals surface area contributed by atoms with Gasteiger partial charge in [-0.05, 0) is 19.1 Å². The summed E-state index contributed by atoms with van der Waals surface area (Å²) in [5, 5.41) is 17.9. The van der Waals surface area contributed by atoms with Crippen molar-refractivity contribution in [1.29, 1.82) is 0 Å². The van der Waals surface area contributed by atoms with Gasteiger partial charge in [-0.15, -0.1) is 0 Å². The number of rotatable bonds is 3. The topological polar surface area (TPSA) is 75.7 Å². The van der Waals surface area contributed by atoms with Crippen LogP contribution < -0.4 is 10.5 Å². The molecule has 0 unspecified atom stereocenters. The first-order valence-electron chi connectivity index (χ1n) is 3.98. The Bertz CT molecular complexity index is 299. The van der Waals surface area contributed by atoms with E-state index in [1.807, 2.05) is 0 Å². The number of aromatic hydroxyl groups is 1. The summed E-state index contributed by atoms with van der Waals surface area (Å²) in [6, 6.07) is 3.07. The Morgan fingerprint density at radius 1 is 1.46 bits per heavy atom. The Hall–Kier alpha value is -1.42. The summed E-state index contributed by atoms with van der Waals surface area (Å²) in [5.74, 6) is 0.580. The van der Waals surface area contributed by atoms with Crippen molar-refractivity contribution in [2.24, 2.45) is 0 Å². The van der Waals surface area contributed by atoms with Gasteiger partial charge in [0.05, 0.1) is 12.3 Å². The van der Waals surface area contributed by atoms with Gasteiger partial charge in [0.2, 0.25) is 0 Å². The zero-order valence-electron chi connectivity index (χ0n) is 7.45. The molecule has 0 aliphatic rings. The summed E-state index contributed by atoms with van der Waals surface area (Å²) in [6.07, 6.45) is 0. The fourth-order valence-corrected chi connectivity index (χ4v) is 1.04. The van der Waals surface area contributed by atoms with Crippen LogP contribution in [0, 0.1) is 6.92 Å². The number of anilines is 1. The van der Waals surface area contributed by atoms with Gasteiger partial charge >= 0.3 is 0 Å². The maximum absolute atomic E-state index is 9.33. The van der Waals surface area contributed by atoms with Crippen LogP contribution in [0.15, 0.2) is 12.1 Å². The van der Waals surface area contributed by atoms with Gasteiger partial charge in [-0.25, -0.2) is 0 Å². The van der Waals surface area contributed by atoms with E-state index in [0.717, 1.165) is 0 Å². The minimum atomic E-state index is -0.0749. The molecule has 0 aromatic heterocycles. The highest BCUT2D eigenvalue weighted by Crippen LogP contribution is 2.32. The number of benzene rings is 1. The molecule has 1 aromatic carbocycles. The summed E-state index contributed by atoms with van der Waals surface area (Å²) in [6.45, 7) is 1.81. The van der Waals surface area contributed by atoms with E-state index >= 15 is 0 Å². The zero-order chi connectivity index (χ0) is 9.84. The third kappa shape index (κ3) is 2.03. The van der Waals surface area contributed by atoms with E-state index in [1.54, 1.807) is 13.0 Å². The van der Waals surface area contributed by atoms with E-state index in [2.05, 4.69) is 0 Å². The highest BCUT2D eigenvalue weighted by molar-refractivity contribution is 5.60. The molecule has 1 aromatic rings. The lowest BCUT2D eigenvalue weighted by Crippen LogP contribution is -2.05. The van der Waals surface area contributed by atoms with Crippen molar-refractivity contribution in [3.63, 3.8) is 0 Å². The van der Waals surface area contributed by atoms with Crippen molar-refractivity contribution in [1.82, 2.24) is 0 Å². The Labute approximate surface area is 76.6 Å². The highest BCUT2D eigenvalue weighted by Gasteiger charge is 2.07. The van der Waals surface area contributed by atoms with E-state index in [9.17, 15) is 5.11 Å². The Balaban J connectivity index is 2.96. The summed E-state index contributed by atoms with van der Waals surface area (Å²) >= 11 is 0. The molecule has 0 heterocycles. The van der Waals surface area contributed by atoms with Crippen LogP contribution in [0.2, 0.25) is 0 Å². The van der Waals surface area contributed by atoms with Crippen LogP contribution in [0.3, 0.4) is 0 Å². The number of hydrogen-bond donors (Lipinski definition) is 3. The molecule has 0 spiro atoms. The summed E-state index contributed by atoms with van der Waals surface area (Å²) in [4.78, 5) is 0. The number of hydrogen-bond acceptors (Lipinski definition) is 4. The molecular weight excluding hydrogens is 170 g/mol. The number of phenolic OH excluding ortho intramolecular Hbond substituents is 1. The molecular formula is C9H13NO3. The van der Waals surface area contributed by atoms with Crippen molar-refractivity contribution in [3.8, 4) is 11.5 Å². The molecule has 0 aliphatic carbocycles. The standard InChI is InChI=1S/C9H13NO3/c1-6-8(12)3-2-7(10)9(6)13-5-4-11/h2-3,11-12H,4-5,10H2,1H3. The maximum atomic E-state index is 9.33. The van der Waals surface area contributed by atoms with Gasteiger partial charge in [0.15, 0.2) is 0 Å². The van der Waals surface area contributed by atoms with Crippen LogP contribution in [0.4, 0.5) is 5.69 Å². The van der Waals surface area contributed by atoms with E-state index in [-0.39, 0.29) is 19.0 Å². The largest absolute Gasteiger partial charge is 0.508 e. The van der Waals surface area contributed by atoms with E-state index in [0.29, 0.717) is 17.0 Å². The monoisotopic (exact) mass is 183 g/mol. The first kappa shape index (κ1) is 9.67. The summed E-state index contributed by atoms with van der Waals surface area (Å²) < 4.78 is 5.16. The molecule has 72 valence electrons. The maximum Gasteiger partial charge on any atom is 0.148 e. The van der Waals surface area contributed by atoms with Crippen molar-refractivity contribution in [3.05, 3.63) is 17.7 Å². The lowest BCUT2D eigenvalue weighted by Gasteiger charge is -2.11. The predicted molar refractivity (Wildman–Crippen MR) is 49.8 cm³/mol. The third-order valence-corrected chi connectivity index (χ3v) is 1.75. The van der Waals surface area contributed by atoms with Crippen LogP contribution in [0.5, 0.6) is 11.5 Å². The SMILES string of the molecule is Cc1c(O)ccc(N)c1OCCO. The van der Waals surface area contributed by atoms with Crippen LogP contribution in [-0.4, -0.2) is 23.4 Å². The molecule has 0 radical (unpaired) electrons. The molecule has 4 N–H and O–H groups in total. The number of phenols is 1. The van der Waals surface area contributed by atoms with Gasteiger partial charge < -0.3 is 20.7 Å². The predicted octanol–water partition coefficient (Wildman–Crippen LogP) is 0.654. The van der Waals surface area contributed by atoms with Gasteiger partial charge in [-0.3, -0.25) is 0 Å². The fraction of sp³-hybridized carbons (Fsp3) is 0.333. The second kappa shape index (κ2) is 4.00. The molecule has 0 fully saturated rings. The Kier molecular flexibility index (Phi) is 2.97. The number of nitrogens with two attached hydrogens (primary N) is 1.